The van der Waals surface area contributed by atoms with E-state index in [1.807, 2.05) is 0 Å². The molecule has 0 radical (unpaired) electrons. The third-order valence-corrected chi connectivity index (χ3v) is 5.47. The second-order valence-corrected chi connectivity index (χ2v) is 8.24. The van der Waals surface area contributed by atoms with Gasteiger partial charge < -0.3 is 0 Å². The lowest BCUT2D eigenvalue weighted by Gasteiger charge is -2.07. The molecule has 0 N–H and O–H groups in total. The highest BCUT2D eigenvalue weighted by atomic mass is 14.0. The molecule has 0 aromatic heterocycles. The van der Waals surface area contributed by atoms with Gasteiger partial charge in [-0.15, -0.1) is 0 Å². The zero-order valence-electron chi connectivity index (χ0n) is 17.5. The molecule has 0 aliphatic carbocycles. The van der Waals surface area contributed by atoms with Crippen LogP contribution in [0.2, 0.25) is 0 Å². The summed E-state index contributed by atoms with van der Waals surface area (Å²) >= 11 is 0. The zero-order valence-corrected chi connectivity index (χ0v) is 17.5. The van der Waals surface area contributed by atoms with Gasteiger partial charge in [-0.1, -0.05) is 129 Å². The average Bonchev–Trinajstić information content (AvgIpc) is 2.62. The van der Waals surface area contributed by atoms with E-state index in [1.165, 1.54) is 107 Å². The van der Waals surface area contributed by atoms with Crippen LogP contribution in [0.15, 0.2) is 24.3 Å². The molecule has 0 heteroatoms. The van der Waals surface area contributed by atoms with E-state index in [2.05, 4.69) is 45.0 Å². The summed E-state index contributed by atoms with van der Waals surface area (Å²) in [6, 6.07) is 9.28. The molecule has 0 saturated carbocycles. The fourth-order valence-corrected chi connectivity index (χ4v) is 3.59. The maximum Gasteiger partial charge on any atom is -0.0219 e. The molecule has 144 valence electrons. The van der Waals surface area contributed by atoms with Crippen molar-refractivity contribution < 1.29 is 0 Å². The summed E-state index contributed by atoms with van der Waals surface area (Å²) in [4.78, 5) is 0. The number of rotatable bonds is 16. The Balaban J connectivity index is 1.84. The third kappa shape index (κ3) is 12.2. The van der Waals surface area contributed by atoms with Crippen LogP contribution in [0.1, 0.15) is 128 Å². The van der Waals surface area contributed by atoms with Crippen LogP contribution < -0.4 is 0 Å². The molecular weight excluding hydrogens is 300 g/mol. The molecule has 1 rings (SSSR count). The molecule has 0 aliphatic rings. The zero-order chi connectivity index (χ0) is 18.2. The molecule has 0 unspecified atom stereocenters. The van der Waals surface area contributed by atoms with E-state index < -0.39 is 0 Å². The van der Waals surface area contributed by atoms with Crippen LogP contribution in [0.25, 0.3) is 0 Å². The molecule has 0 aliphatic heterocycles. The van der Waals surface area contributed by atoms with Gasteiger partial charge >= 0.3 is 0 Å². The molecule has 0 nitrogen and oxygen atoms in total. The molecule has 25 heavy (non-hydrogen) atoms. The Labute approximate surface area is 158 Å². The number of unbranched alkanes of at least 4 members (excludes halogenated alkanes) is 13. The van der Waals surface area contributed by atoms with Gasteiger partial charge in [0.1, 0.15) is 0 Å². The van der Waals surface area contributed by atoms with Crippen molar-refractivity contribution in [2.24, 2.45) is 0 Å². The smallest absolute Gasteiger partial charge is 0.0219 e. The highest BCUT2D eigenvalue weighted by molar-refractivity contribution is 5.24. The quantitative estimate of drug-likeness (QED) is 0.263. The van der Waals surface area contributed by atoms with Crippen LogP contribution in [-0.2, 0) is 6.42 Å². The summed E-state index contributed by atoms with van der Waals surface area (Å²) in [5, 5.41) is 0. The van der Waals surface area contributed by atoms with Crippen LogP contribution >= 0.6 is 0 Å². The number of hydrogen-bond acceptors (Lipinski definition) is 0. The first-order chi connectivity index (χ1) is 12.2. The van der Waals surface area contributed by atoms with E-state index in [0.717, 1.165) is 0 Å². The van der Waals surface area contributed by atoms with Crippen molar-refractivity contribution in [3.63, 3.8) is 0 Å². The van der Waals surface area contributed by atoms with Crippen molar-refractivity contribution in [3.05, 3.63) is 35.4 Å². The number of benzene rings is 1. The number of hydrogen-bond donors (Lipinski definition) is 0. The minimum Gasteiger partial charge on any atom is -0.0654 e. The molecular formula is C25H44. The predicted octanol–water partition coefficient (Wildman–Crippen LogP) is 8.83. The Bertz CT molecular complexity index is 387. The highest BCUT2D eigenvalue weighted by Gasteiger charge is 1.99. The Kier molecular flexibility index (Phi) is 13.8. The third-order valence-electron chi connectivity index (χ3n) is 5.47. The Morgan fingerprint density at radius 1 is 0.560 bits per heavy atom. The molecule has 0 fully saturated rings. The minimum absolute atomic E-state index is 0.648. The SMILES string of the molecule is CCCCCCCCCCCCCCCCc1ccc(C(C)C)cc1. The van der Waals surface area contributed by atoms with Gasteiger partial charge in [-0.25, -0.2) is 0 Å². The van der Waals surface area contributed by atoms with Gasteiger partial charge in [0.05, 0.1) is 0 Å². The van der Waals surface area contributed by atoms with Crippen molar-refractivity contribution >= 4 is 0 Å². The summed E-state index contributed by atoms with van der Waals surface area (Å²) < 4.78 is 0. The summed E-state index contributed by atoms with van der Waals surface area (Å²) in [6.07, 6.45) is 21.4. The van der Waals surface area contributed by atoms with Crippen molar-refractivity contribution in [2.75, 3.05) is 0 Å². The molecule has 0 heterocycles. The summed E-state index contributed by atoms with van der Waals surface area (Å²) in [5.74, 6) is 0.648. The van der Waals surface area contributed by atoms with Gasteiger partial charge in [-0.05, 0) is 29.9 Å². The largest absolute Gasteiger partial charge is 0.0654 e. The van der Waals surface area contributed by atoms with Gasteiger partial charge in [0, 0.05) is 0 Å². The van der Waals surface area contributed by atoms with Crippen molar-refractivity contribution in [3.8, 4) is 0 Å². The van der Waals surface area contributed by atoms with Crippen molar-refractivity contribution in [1.29, 1.82) is 0 Å². The second kappa shape index (κ2) is 15.5. The summed E-state index contributed by atoms with van der Waals surface area (Å²) in [5.41, 5.74) is 2.98. The lowest BCUT2D eigenvalue weighted by Crippen LogP contribution is -1.90. The molecule has 0 bridgehead atoms. The fourth-order valence-electron chi connectivity index (χ4n) is 3.59. The minimum atomic E-state index is 0.648. The van der Waals surface area contributed by atoms with E-state index in [0.29, 0.717) is 5.92 Å². The molecule has 0 atom stereocenters. The maximum atomic E-state index is 2.33. The monoisotopic (exact) mass is 344 g/mol. The molecule has 0 amide bonds. The Morgan fingerprint density at radius 2 is 0.960 bits per heavy atom. The Morgan fingerprint density at radius 3 is 1.36 bits per heavy atom. The lowest BCUT2D eigenvalue weighted by atomic mass is 9.99. The normalized spacial score (nSPS) is 11.4. The first-order valence-corrected chi connectivity index (χ1v) is 11.3. The fraction of sp³-hybridized carbons (Fsp3) is 0.760. The van der Waals surface area contributed by atoms with Gasteiger partial charge in [0.2, 0.25) is 0 Å². The Hall–Kier alpha value is -0.780. The summed E-state index contributed by atoms with van der Waals surface area (Å²) in [7, 11) is 0. The van der Waals surface area contributed by atoms with E-state index in [1.54, 1.807) is 0 Å². The maximum absolute atomic E-state index is 2.33. The topological polar surface area (TPSA) is 0 Å². The second-order valence-electron chi connectivity index (χ2n) is 8.24. The van der Waals surface area contributed by atoms with Crippen LogP contribution in [0.3, 0.4) is 0 Å². The number of aryl methyl sites for hydroxylation is 1. The first kappa shape index (κ1) is 22.3. The van der Waals surface area contributed by atoms with Crippen LogP contribution in [0.5, 0.6) is 0 Å². The molecule has 1 aromatic carbocycles. The van der Waals surface area contributed by atoms with E-state index in [-0.39, 0.29) is 0 Å². The molecule has 1 aromatic rings. The van der Waals surface area contributed by atoms with Gasteiger partial charge in [0.25, 0.3) is 0 Å². The van der Waals surface area contributed by atoms with Crippen LogP contribution in [0.4, 0.5) is 0 Å². The predicted molar refractivity (Wildman–Crippen MR) is 115 cm³/mol. The molecule has 0 spiro atoms. The van der Waals surface area contributed by atoms with Gasteiger partial charge in [0.15, 0.2) is 0 Å². The van der Waals surface area contributed by atoms with Crippen LogP contribution in [0, 0.1) is 0 Å². The van der Waals surface area contributed by atoms with E-state index >= 15 is 0 Å². The van der Waals surface area contributed by atoms with E-state index in [9.17, 15) is 0 Å². The standard InChI is InChI=1S/C25H44/c1-4-5-6-7-8-9-10-11-12-13-14-15-16-17-18-24-19-21-25(22-20-24)23(2)3/h19-23H,4-18H2,1-3H3. The van der Waals surface area contributed by atoms with Gasteiger partial charge in [-0.3, -0.25) is 0 Å². The summed E-state index contributed by atoms with van der Waals surface area (Å²) in [6.45, 7) is 6.83. The average molecular weight is 345 g/mol. The molecule has 0 saturated heterocycles. The highest BCUT2D eigenvalue weighted by Crippen LogP contribution is 2.17. The van der Waals surface area contributed by atoms with E-state index in [4.69, 9.17) is 0 Å². The van der Waals surface area contributed by atoms with Crippen molar-refractivity contribution in [2.45, 2.75) is 123 Å². The first-order valence-electron chi connectivity index (χ1n) is 11.3. The lowest BCUT2D eigenvalue weighted by molar-refractivity contribution is 0.535. The van der Waals surface area contributed by atoms with Crippen molar-refractivity contribution in [1.82, 2.24) is 0 Å². The van der Waals surface area contributed by atoms with Crippen LogP contribution in [-0.4, -0.2) is 0 Å². The van der Waals surface area contributed by atoms with Gasteiger partial charge in [-0.2, -0.15) is 0 Å².